The Labute approximate surface area is 131 Å². The normalized spacial score (nSPS) is 12.3. The van der Waals surface area contributed by atoms with Crippen LogP contribution in [-0.2, 0) is 4.74 Å². The Hall–Kier alpha value is -1.02. The second-order valence-corrected chi connectivity index (χ2v) is 5.75. The van der Waals surface area contributed by atoms with Crippen molar-refractivity contribution in [1.82, 2.24) is 0 Å². The van der Waals surface area contributed by atoms with Gasteiger partial charge < -0.3 is 10.1 Å². The average Bonchev–Trinajstić information content (AvgIpc) is 2.53. The highest BCUT2D eigenvalue weighted by Crippen LogP contribution is 2.10. The summed E-state index contributed by atoms with van der Waals surface area (Å²) in [6.07, 6.45) is 10.5. The van der Waals surface area contributed by atoms with E-state index in [0.717, 1.165) is 26.0 Å². The maximum Gasteiger partial charge on any atom is 0.0573 e. The number of para-hydroxylation sites is 1. The lowest BCUT2D eigenvalue weighted by Gasteiger charge is -2.16. The zero-order valence-electron chi connectivity index (χ0n) is 13.9. The molecule has 21 heavy (non-hydrogen) atoms. The van der Waals surface area contributed by atoms with Gasteiger partial charge in [0.25, 0.3) is 0 Å². The first-order valence-electron chi connectivity index (χ1n) is 8.77. The number of hydrogen-bond donors (Lipinski definition) is 1. The van der Waals surface area contributed by atoms with E-state index in [0.29, 0.717) is 6.10 Å². The lowest BCUT2D eigenvalue weighted by Crippen LogP contribution is -2.14. The van der Waals surface area contributed by atoms with E-state index in [-0.39, 0.29) is 0 Å². The first-order chi connectivity index (χ1) is 10.4. The summed E-state index contributed by atoms with van der Waals surface area (Å²) in [6, 6.07) is 10.4. The van der Waals surface area contributed by atoms with Gasteiger partial charge in [-0.15, -0.1) is 0 Å². The van der Waals surface area contributed by atoms with Gasteiger partial charge in [-0.05, 0) is 37.8 Å². The third-order valence-corrected chi connectivity index (χ3v) is 3.86. The van der Waals surface area contributed by atoms with Gasteiger partial charge in [0.05, 0.1) is 6.10 Å². The summed E-state index contributed by atoms with van der Waals surface area (Å²) in [4.78, 5) is 0. The molecule has 0 heterocycles. The molecule has 0 spiro atoms. The minimum atomic E-state index is 0.439. The van der Waals surface area contributed by atoms with Crippen LogP contribution in [0.3, 0.4) is 0 Å². The lowest BCUT2D eigenvalue weighted by atomic mass is 10.1. The molecule has 0 saturated carbocycles. The quantitative estimate of drug-likeness (QED) is 0.474. The van der Waals surface area contributed by atoms with Crippen LogP contribution in [0.4, 0.5) is 5.69 Å². The molecule has 0 fully saturated rings. The van der Waals surface area contributed by atoms with Crippen molar-refractivity contribution in [2.45, 2.75) is 71.3 Å². The van der Waals surface area contributed by atoms with E-state index in [1.165, 1.54) is 44.2 Å². The van der Waals surface area contributed by atoms with Crippen LogP contribution in [0.5, 0.6) is 0 Å². The molecule has 0 radical (unpaired) electrons. The zero-order chi connectivity index (χ0) is 15.2. The van der Waals surface area contributed by atoms with Crippen molar-refractivity contribution in [2.24, 2.45) is 0 Å². The molecule has 2 heteroatoms. The average molecular weight is 291 g/mol. The molecular weight excluding hydrogens is 258 g/mol. The molecule has 0 amide bonds. The minimum Gasteiger partial charge on any atom is -0.385 e. The SMILES string of the molecule is CCCCCCCOC(CC)CCCNc1ccccc1. The zero-order valence-corrected chi connectivity index (χ0v) is 13.9. The summed E-state index contributed by atoms with van der Waals surface area (Å²) in [6.45, 7) is 6.45. The van der Waals surface area contributed by atoms with E-state index in [2.05, 4.69) is 43.4 Å². The second kappa shape index (κ2) is 12.7. The predicted octanol–water partition coefficient (Wildman–Crippen LogP) is 5.64. The van der Waals surface area contributed by atoms with Crippen molar-refractivity contribution in [2.75, 3.05) is 18.5 Å². The van der Waals surface area contributed by atoms with Crippen molar-refractivity contribution in [1.29, 1.82) is 0 Å². The van der Waals surface area contributed by atoms with Gasteiger partial charge in [0.15, 0.2) is 0 Å². The van der Waals surface area contributed by atoms with E-state index < -0.39 is 0 Å². The summed E-state index contributed by atoms with van der Waals surface area (Å²) in [5, 5.41) is 3.46. The fourth-order valence-corrected chi connectivity index (χ4v) is 2.48. The number of nitrogens with one attached hydrogen (secondary N) is 1. The first kappa shape index (κ1) is 18.0. The topological polar surface area (TPSA) is 21.3 Å². The molecule has 0 aliphatic heterocycles. The molecule has 1 atom stereocenters. The molecule has 0 saturated heterocycles. The van der Waals surface area contributed by atoms with E-state index in [1.807, 2.05) is 6.07 Å². The smallest absolute Gasteiger partial charge is 0.0573 e. The lowest BCUT2D eigenvalue weighted by molar-refractivity contribution is 0.0417. The van der Waals surface area contributed by atoms with Crippen molar-refractivity contribution < 1.29 is 4.74 Å². The monoisotopic (exact) mass is 291 g/mol. The van der Waals surface area contributed by atoms with Crippen LogP contribution < -0.4 is 5.32 Å². The molecule has 1 aromatic carbocycles. The van der Waals surface area contributed by atoms with Crippen molar-refractivity contribution in [3.63, 3.8) is 0 Å². The molecule has 0 aromatic heterocycles. The summed E-state index contributed by atoms with van der Waals surface area (Å²) in [5.74, 6) is 0. The molecule has 1 N–H and O–H groups in total. The van der Waals surface area contributed by atoms with E-state index >= 15 is 0 Å². The molecule has 2 nitrogen and oxygen atoms in total. The maximum atomic E-state index is 6.00. The summed E-state index contributed by atoms with van der Waals surface area (Å²) in [5.41, 5.74) is 1.21. The van der Waals surface area contributed by atoms with Gasteiger partial charge in [0.1, 0.15) is 0 Å². The van der Waals surface area contributed by atoms with Crippen LogP contribution in [0.2, 0.25) is 0 Å². The summed E-state index contributed by atoms with van der Waals surface area (Å²) < 4.78 is 6.00. The number of hydrogen-bond acceptors (Lipinski definition) is 2. The second-order valence-electron chi connectivity index (χ2n) is 5.75. The van der Waals surface area contributed by atoms with E-state index in [9.17, 15) is 0 Å². The van der Waals surface area contributed by atoms with Crippen LogP contribution in [0.1, 0.15) is 65.2 Å². The highest BCUT2D eigenvalue weighted by atomic mass is 16.5. The molecule has 1 unspecified atom stereocenters. The predicted molar refractivity (Wildman–Crippen MR) is 93.0 cm³/mol. The third-order valence-electron chi connectivity index (χ3n) is 3.86. The Morgan fingerprint density at radius 3 is 2.43 bits per heavy atom. The van der Waals surface area contributed by atoms with Crippen LogP contribution >= 0.6 is 0 Å². The molecule has 0 aliphatic carbocycles. The molecule has 120 valence electrons. The van der Waals surface area contributed by atoms with Crippen molar-refractivity contribution >= 4 is 5.69 Å². The Balaban J connectivity index is 2.00. The van der Waals surface area contributed by atoms with Gasteiger partial charge in [-0.3, -0.25) is 0 Å². The Kier molecular flexibility index (Phi) is 10.9. The molecular formula is C19H33NO. The largest absolute Gasteiger partial charge is 0.385 e. The number of unbranched alkanes of at least 4 members (excludes halogenated alkanes) is 4. The third kappa shape index (κ3) is 9.52. The van der Waals surface area contributed by atoms with Gasteiger partial charge in [0, 0.05) is 18.8 Å². The first-order valence-corrected chi connectivity index (χ1v) is 8.77. The molecule has 0 bridgehead atoms. The molecule has 1 rings (SSSR count). The fraction of sp³-hybridized carbons (Fsp3) is 0.684. The number of benzene rings is 1. The van der Waals surface area contributed by atoms with Crippen molar-refractivity contribution in [3.8, 4) is 0 Å². The molecule has 0 aliphatic rings. The van der Waals surface area contributed by atoms with Crippen LogP contribution in [0, 0.1) is 0 Å². The van der Waals surface area contributed by atoms with Crippen molar-refractivity contribution in [3.05, 3.63) is 30.3 Å². The van der Waals surface area contributed by atoms with Crippen LogP contribution in [0.25, 0.3) is 0 Å². The standard InChI is InChI=1S/C19H33NO/c1-3-5-6-7-11-17-21-19(4-2)15-12-16-20-18-13-9-8-10-14-18/h8-10,13-14,19-20H,3-7,11-12,15-17H2,1-2H3. The van der Waals surface area contributed by atoms with Crippen LogP contribution in [-0.4, -0.2) is 19.3 Å². The van der Waals surface area contributed by atoms with Gasteiger partial charge in [-0.2, -0.15) is 0 Å². The minimum absolute atomic E-state index is 0.439. The fourth-order valence-electron chi connectivity index (χ4n) is 2.48. The number of ether oxygens (including phenoxy) is 1. The van der Waals surface area contributed by atoms with Gasteiger partial charge in [0.2, 0.25) is 0 Å². The highest BCUT2D eigenvalue weighted by molar-refractivity contribution is 5.42. The van der Waals surface area contributed by atoms with Gasteiger partial charge >= 0.3 is 0 Å². The summed E-state index contributed by atoms with van der Waals surface area (Å²) >= 11 is 0. The Morgan fingerprint density at radius 1 is 0.952 bits per heavy atom. The van der Waals surface area contributed by atoms with E-state index in [1.54, 1.807) is 0 Å². The van der Waals surface area contributed by atoms with Gasteiger partial charge in [-0.25, -0.2) is 0 Å². The highest BCUT2D eigenvalue weighted by Gasteiger charge is 2.05. The molecule has 1 aromatic rings. The van der Waals surface area contributed by atoms with E-state index in [4.69, 9.17) is 4.74 Å². The van der Waals surface area contributed by atoms with Gasteiger partial charge in [-0.1, -0.05) is 57.7 Å². The maximum absolute atomic E-state index is 6.00. The number of anilines is 1. The summed E-state index contributed by atoms with van der Waals surface area (Å²) in [7, 11) is 0. The Morgan fingerprint density at radius 2 is 1.71 bits per heavy atom. The Bertz CT molecular complexity index is 326. The number of rotatable bonds is 13. The van der Waals surface area contributed by atoms with Crippen LogP contribution in [0.15, 0.2) is 30.3 Å².